The van der Waals surface area contributed by atoms with Crippen LogP contribution in [0.25, 0.3) is 0 Å². The number of halogens is 1. The van der Waals surface area contributed by atoms with Gasteiger partial charge in [-0.05, 0) is 45.4 Å². The van der Waals surface area contributed by atoms with Crippen LogP contribution in [0.4, 0.5) is 5.69 Å². The molecule has 0 heterocycles. The van der Waals surface area contributed by atoms with Crippen molar-refractivity contribution in [2.75, 3.05) is 38.6 Å². The first-order valence-corrected chi connectivity index (χ1v) is 8.23. The van der Waals surface area contributed by atoms with Crippen LogP contribution in [-0.4, -0.2) is 49.6 Å². The molecule has 0 unspecified atom stereocenters. The molecule has 0 spiro atoms. The number of nitrogens with one attached hydrogen (secondary N) is 1. The molecule has 0 aliphatic carbocycles. The maximum atomic E-state index is 12.5. The number of anilines is 1. The number of quaternary nitrogens is 1. The van der Waals surface area contributed by atoms with Gasteiger partial charge in [0.1, 0.15) is 0 Å². The second-order valence-corrected chi connectivity index (χ2v) is 6.07. The highest BCUT2D eigenvalue weighted by Crippen LogP contribution is 2.26. The van der Waals surface area contributed by atoms with E-state index in [1.807, 2.05) is 0 Å². The van der Waals surface area contributed by atoms with Gasteiger partial charge in [-0.15, -0.1) is 0 Å². The predicted octanol–water partition coefficient (Wildman–Crippen LogP) is 3.25. The molecule has 1 N–H and O–H groups in total. The van der Waals surface area contributed by atoms with E-state index in [9.17, 15) is 9.59 Å². The second-order valence-electron chi connectivity index (χ2n) is 5.63. The lowest BCUT2D eigenvalue weighted by molar-refractivity contribution is -0.915. The number of amides is 1. The molecule has 0 saturated carbocycles. The van der Waals surface area contributed by atoms with Gasteiger partial charge in [-0.3, -0.25) is 4.79 Å². The van der Waals surface area contributed by atoms with E-state index in [0.29, 0.717) is 21.7 Å². The van der Waals surface area contributed by atoms with Gasteiger partial charge >= 0.3 is 5.97 Å². The van der Waals surface area contributed by atoms with Gasteiger partial charge in [0.2, 0.25) is 0 Å². The fraction of sp³-hybridized carbons (Fsp3) is 0.529. The van der Waals surface area contributed by atoms with Gasteiger partial charge < -0.3 is 14.5 Å². The summed E-state index contributed by atoms with van der Waals surface area (Å²) in [6.45, 7) is 11.0. The molecule has 1 rings (SSSR count). The van der Waals surface area contributed by atoms with Crippen molar-refractivity contribution in [1.82, 2.24) is 0 Å². The van der Waals surface area contributed by atoms with Gasteiger partial charge in [0.25, 0.3) is 5.91 Å². The van der Waals surface area contributed by atoms with Crippen LogP contribution in [0.15, 0.2) is 12.1 Å². The highest BCUT2D eigenvalue weighted by molar-refractivity contribution is 6.31. The molecule has 0 fully saturated rings. The van der Waals surface area contributed by atoms with Crippen molar-refractivity contribution in [1.29, 1.82) is 0 Å². The Labute approximate surface area is 143 Å². The molecule has 0 bridgehead atoms. The largest absolute Gasteiger partial charge is 0.465 e. The monoisotopic (exact) mass is 341 g/mol. The van der Waals surface area contributed by atoms with E-state index in [1.54, 1.807) is 13.0 Å². The predicted molar refractivity (Wildman–Crippen MR) is 92.9 cm³/mol. The molecule has 0 aliphatic rings. The van der Waals surface area contributed by atoms with E-state index >= 15 is 0 Å². The first-order valence-electron chi connectivity index (χ1n) is 7.85. The standard InChI is InChI=1S/C17H25ClN2O3/c1-6-20(7-2,8-3)11-15(21)19-16-12(4)9-13(18)10-14(16)17(22)23-5/h9-10H,6-8,11H2,1-5H3/p+1. The normalized spacial score (nSPS) is 11.2. The molecule has 6 heteroatoms. The Morgan fingerprint density at radius 2 is 1.74 bits per heavy atom. The van der Waals surface area contributed by atoms with Crippen molar-refractivity contribution < 1.29 is 18.8 Å². The number of ether oxygens (including phenoxy) is 1. The molecular formula is C17H26ClN2O3+. The van der Waals surface area contributed by atoms with Gasteiger partial charge in [0.15, 0.2) is 6.54 Å². The number of rotatable bonds is 7. The van der Waals surface area contributed by atoms with Crippen LogP contribution in [-0.2, 0) is 9.53 Å². The van der Waals surface area contributed by atoms with Crippen LogP contribution in [0.3, 0.4) is 0 Å². The molecule has 1 amide bonds. The fourth-order valence-electron chi connectivity index (χ4n) is 2.67. The number of hydrogen-bond acceptors (Lipinski definition) is 3. The molecule has 0 atom stereocenters. The first-order chi connectivity index (χ1) is 10.8. The lowest BCUT2D eigenvalue weighted by Gasteiger charge is -2.35. The minimum absolute atomic E-state index is 0.119. The van der Waals surface area contributed by atoms with Crippen molar-refractivity contribution in [3.63, 3.8) is 0 Å². The summed E-state index contributed by atoms with van der Waals surface area (Å²) < 4.78 is 5.48. The van der Waals surface area contributed by atoms with Crippen LogP contribution in [0.1, 0.15) is 36.7 Å². The molecule has 1 aromatic carbocycles. The Morgan fingerprint density at radius 3 is 2.22 bits per heavy atom. The lowest BCUT2D eigenvalue weighted by Crippen LogP contribution is -2.52. The minimum Gasteiger partial charge on any atom is -0.465 e. The lowest BCUT2D eigenvalue weighted by atomic mass is 10.1. The number of likely N-dealkylation sites (N-methyl/N-ethyl adjacent to an activating group) is 1. The average molecular weight is 342 g/mol. The number of benzene rings is 1. The summed E-state index contributed by atoms with van der Waals surface area (Å²) in [6, 6.07) is 3.22. The number of methoxy groups -OCH3 is 1. The smallest absolute Gasteiger partial charge is 0.340 e. The molecule has 0 radical (unpaired) electrons. The van der Waals surface area contributed by atoms with Gasteiger partial charge in [-0.2, -0.15) is 0 Å². The van der Waals surface area contributed by atoms with Crippen molar-refractivity contribution in [3.8, 4) is 0 Å². The van der Waals surface area contributed by atoms with Crippen LogP contribution in [0.2, 0.25) is 5.02 Å². The van der Waals surface area contributed by atoms with Gasteiger partial charge in [-0.25, -0.2) is 4.79 Å². The Kier molecular flexibility index (Phi) is 7.03. The number of nitrogens with zero attached hydrogens (tertiary/aromatic N) is 1. The summed E-state index contributed by atoms with van der Waals surface area (Å²) in [4.78, 5) is 24.4. The van der Waals surface area contributed by atoms with E-state index in [1.165, 1.54) is 13.2 Å². The van der Waals surface area contributed by atoms with E-state index in [2.05, 4.69) is 26.1 Å². The molecule has 5 nitrogen and oxygen atoms in total. The third-order valence-corrected chi connectivity index (χ3v) is 4.68. The zero-order valence-corrected chi connectivity index (χ0v) is 15.3. The maximum absolute atomic E-state index is 12.5. The fourth-order valence-corrected chi connectivity index (χ4v) is 2.94. The molecule has 0 aliphatic heterocycles. The van der Waals surface area contributed by atoms with E-state index < -0.39 is 5.97 Å². The number of carbonyl (C=O) groups excluding carboxylic acids is 2. The highest BCUT2D eigenvalue weighted by Gasteiger charge is 2.26. The number of aryl methyl sites for hydroxylation is 1. The topological polar surface area (TPSA) is 55.4 Å². The van der Waals surface area contributed by atoms with E-state index in [4.69, 9.17) is 16.3 Å². The molecule has 0 aromatic heterocycles. The molecule has 128 valence electrons. The Balaban J connectivity index is 3.09. The highest BCUT2D eigenvalue weighted by atomic mass is 35.5. The quantitative estimate of drug-likeness (QED) is 0.612. The van der Waals surface area contributed by atoms with Crippen molar-refractivity contribution >= 4 is 29.2 Å². The number of carbonyl (C=O) groups is 2. The van der Waals surface area contributed by atoms with Crippen molar-refractivity contribution in [2.45, 2.75) is 27.7 Å². The summed E-state index contributed by atoms with van der Waals surface area (Å²) in [7, 11) is 1.30. The third-order valence-electron chi connectivity index (χ3n) is 4.46. The SMILES string of the molecule is CC[N+](CC)(CC)CC(=O)Nc1c(C)cc(Cl)cc1C(=O)OC. The second kappa shape index (κ2) is 8.31. The summed E-state index contributed by atoms with van der Waals surface area (Å²) in [5.41, 5.74) is 1.47. The van der Waals surface area contributed by atoms with E-state index in [0.717, 1.165) is 25.2 Å². The van der Waals surface area contributed by atoms with Crippen molar-refractivity contribution in [3.05, 3.63) is 28.3 Å². The average Bonchev–Trinajstić information content (AvgIpc) is 2.54. The number of esters is 1. The van der Waals surface area contributed by atoms with Crippen LogP contribution < -0.4 is 5.32 Å². The zero-order chi connectivity index (χ0) is 17.6. The molecule has 0 saturated heterocycles. The van der Waals surface area contributed by atoms with E-state index in [-0.39, 0.29) is 11.5 Å². The Hall–Kier alpha value is -1.59. The summed E-state index contributed by atoms with van der Waals surface area (Å²) in [5, 5.41) is 3.30. The number of hydrogen-bond donors (Lipinski definition) is 1. The van der Waals surface area contributed by atoms with Crippen LogP contribution >= 0.6 is 11.6 Å². The van der Waals surface area contributed by atoms with Crippen LogP contribution in [0, 0.1) is 6.92 Å². The third kappa shape index (κ3) is 4.69. The summed E-state index contributed by atoms with van der Waals surface area (Å²) in [5.74, 6) is -0.640. The zero-order valence-electron chi connectivity index (χ0n) is 14.5. The molecule has 23 heavy (non-hydrogen) atoms. The maximum Gasteiger partial charge on any atom is 0.340 e. The van der Waals surface area contributed by atoms with Gasteiger partial charge in [0, 0.05) is 5.02 Å². The Bertz CT molecular complexity index is 575. The van der Waals surface area contributed by atoms with Crippen LogP contribution in [0.5, 0.6) is 0 Å². The van der Waals surface area contributed by atoms with Gasteiger partial charge in [-0.1, -0.05) is 11.6 Å². The molecule has 1 aromatic rings. The van der Waals surface area contributed by atoms with Gasteiger partial charge in [0.05, 0.1) is 38.0 Å². The molecular weight excluding hydrogens is 316 g/mol. The first kappa shape index (κ1) is 19.5. The minimum atomic E-state index is -0.520. The Morgan fingerprint density at radius 1 is 1.17 bits per heavy atom. The van der Waals surface area contributed by atoms with Crippen molar-refractivity contribution in [2.24, 2.45) is 0 Å². The summed E-state index contributed by atoms with van der Waals surface area (Å²) >= 11 is 6.01. The summed E-state index contributed by atoms with van der Waals surface area (Å²) in [6.07, 6.45) is 0.